The summed E-state index contributed by atoms with van der Waals surface area (Å²) in [7, 11) is 0. The van der Waals surface area contributed by atoms with Crippen molar-refractivity contribution in [1.82, 2.24) is 9.55 Å². The number of aryl methyl sites for hydroxylation is 1. The molecule has 1 aromatic heterocycles. The average Bonchev–Trinajstić information content (AvgIpc) is 3.16. The van der Waals surface area contributed by atoms with Gasteiger partial charge in [-0.1, -0.05) is 42.0 Å². The van der Waals surface area contributed by atoms with Crippen molar-refractivity contribution in [2.24, 2.45) is 0 Å². The minimum Gasteiger partial charge on any atom is -0.324 e. The van der Waals surface area contributed by atoms with Crippen molar-refractivity contribution >= 4 is 22.6 Å². The first kappa shape index (κ1) is 16.6. The molecular formula is C22H23N3O. The van der Waals surface area contributed by atoms with Gasteiger partial charge >= 0.3 is 0 Å². The van der Waals surface area contributed by atoms with Gasteiger partial charge in [0.05, 0.1) is 11.0 Å². The van der Waals surface area contributed by atoms with Crippen LogP contribution < -0.4 is 4.90 Å². The van der Waals surface area contributed by atoms with Gasteiger partial charge in [-0.05, 0) is 38.1 Å². The van der Waals surface area contributed by atoms with Crippen LogP contribution in [0.1, 0.15) is 30.7 Å². The zero-order chi connectivity index (χ0) is 18.3. The summed E-state index contributed by atoms with van der Waals surface area (Å²) >= 11 is 0. The highest BCUT2D eigenvalue weighted by Crippen LogP contribution is 2.33. The number of para-hydroxylation sites is 2. The van der Waals surface area contributed by atoms with Crippen molar-refractivity contribution in [3.8, 4) is 0 Å². The Morgan fingerprint density at radius 2 is 1.92 bits per heavy atom. The van der Waals surface area contributed by atoms with E-state index in [1.54, 1.807) is 0 Å². The number of fused-ring (bicyclic) bond motifs is 1. The molecule has 1 aliphatic rings. The van der Waals surface area contributed by atoms with Crippen molar-refractivity contribution in [3.63, 3.8) is 0 Å². The zero-order valence-electron chi connectivity index (χ0n) is 15.3. The second kappa shape index (κ2) is 6.45. The molecule has 1 aliphatic heterocycles. The molecule has 4 heteroatoms. The lowest BCUT2D eigenvalue weighted by Crippen LogP contribution is -2.24. The maximum absolute atomic E-state index is 12.7. The molecule has 0 aliphatic carbocycles. The zero-order valence-corrected chi connectivity index (χ0v) is 15.3. The summed E-state index contributed by atoms with van der Waals surface area (Å²) < 4.78 is 2.22. The number of rotatable bonds is 4. The largest absolute Gasteiger partial charge is 0.324 e. The quantitative estimate of drug-likeness (QED) is 0.656. The molecule has 4 nitrogen and oxygen atoms in total. The van der Waals surface area contributed by atoms with E-state index >= 15 is 0 Å². The lowest BCUT2D eigenvalue weighted by atomic mass is 10.1. The third kappa shape index (κ3) is 2.92. The second-order valence-corrected chi connectivity index (χ2v) is 7.24. The molecule has 0 spiro atoms. The number of allylic oxidation sites excluding steroid dienone is 1. The SMILES string of the molecule is C=C(C)Cn1c([C@H]2CC(=O)N(c3ccc(C)cc3)C2)nc2ccccc21. The Morgan fingerprint density at radius 3 is 2.65 bits per heavy atom. The summed E-state index contributed by atoms with van der Waals surface area (Å²) in [4.78, 5) is 19.4. The molecule has 0 N–H and O–H groups in total. The molecule has 1 atom stereocenters. The predicted molar refractivity (Wildman–Crippen MR) is 105 cm³/mol. The van der Waals surface area contributed by atoms with E-state index in [0.29, 0.717) is 13.0 Å². The minimum absolute atomic E-state index is 0.0931. The molecule has 0 radical (unpaired) electrons. The summed E-state index contributed by atoms with van der Waals surface area (Å²) in [5.74, 6) is 1.24. The molecule has 0 unspecified atom stereocenters. The van der Waals surface area contributed by atoms with E-state index in [1.165, 1.54) is 5.56 Å². The van der Waals surface area contributed by atoms with Crippen LogP contribution in [0.15, 0.2) is 60.7 Å². The van der Waals surface area contributed by atoms with Crippen molar-refractivity contribution in [1.29, 1.82) is 0 Å². The molecular weight excluding hydrogens is 322 g/mol. The van der Waals surface area contributed by atoms with Crippen LogP contribution in [0, 0.1) is 6.92 Å². The highest BCUT2D eigenvalue weighted by Gasteiger charge is 2.34. The van der Waals surface area contributed by atoms with Gasteiger partial charge in [-0.2, -0.15) is 0 Å². The lowest BCUT2D eigenvalue weighted by Gasteiger charge is -2.17. The van der Waals surface area contributed by atoms with Gasteiger partial charge in [0.15, 0.2) is 0 Å². The van der Waals surface area contributed by atoms with Crippen molar-refractivity contribution < 1.29 is 4.79 Å². The predicted octanol–water partition coefficient (Wildman–Crippen LogP) is 4.44. The summed E-state index contributed by atoms with van der Waals surface area (Å²) in [5, 5.41) is 0. The van der Waals surface area contributed by atoms with E-state index in [-0.39, 0.29) is 11.8 Å². The van der Waals surface area contributed by atoms with E-state index in [0.717, 1.165) is 34.7 Å². The van der Waals surface area contributed by atoms with Gasteiger partial charge in [-0.15, -0.1) is 0 Å². The Kier molecular flexibility index (Phi) is 4.11. The number of hydrogen-bond donors (Lipinski definition) is 0. The van der Waals surface area contributed by atoms with E-state index in [4.69, 9.17) is 4.98 Å². The molecule has 3 aromatic rings. The monoisotopic (exact) mass is 345 g/mol. The fourth-order valence-corrected chi connectivity index (χ4v) is 3.70. The highest BCUT2D eigenvalue weighted by molar-refractivity contribution is 5.96. The van der Waals surface area contributed by atoms with Gasteiger partial charge in [0.2, 0.25) is 5.91 Å². The van der Waals surface area contributed by atoms with Gasteiger partial charge in [0, 0.05) is 31.1 Å². The van der Waals surface area contributed by atoms with Crippen LogP contribution >= 0.6 is 0 Å². The molecule has 1 saturated heterocycles. The van der Waals surface area contributed by atoms with Crippen LogP contribution in [-0.4, -0.2) is 22.0 Å². The Hall–Kier alpha value is -2.88. The number of anilines is 1. The standard InChI is InChI=1S/C22H23N3O/c1-15(2)13-25-20-7-5-4-6-19(20)23-22(25)17-12-21(26)24(14-17)18-10-8-16(3)9-11-18/h4-11,17H,1,12-14H2,2-3H3/t17-/m0/s1. The Balaban J connectivity index is 1.71. The molecule has 4 rings (SSSR count). The number of amides is 1. The number of nitrogens with zero attached hydrogens (tertiary/aromatic N) is 3. The van der Waals surface area contributed by atoms with Gasteiger partial charge in [0.1, 0.15) is 5.82 Å². The Bertz CT molecular complexity index is 984. The third-order valence-electron chi connectivity index (χ3n) is 4.95. The topological polar surface area (TPSA) is 38.1 Å². The van der Waals surface area contributed by atoms with Crippen LogP contribution in [0.25, 0.3) is 11.0 Å². The first-order chi connectivity index (χ1) is 12.5. The summed E-state index contributed by atoms with van der Waals surface area (Å²) in [5.41, 5.74) is 5.32. The maximum atomic E-state index is 12.7. The average molecular weight is 345 g/mol. The molecule has 2 aromatic carbocycles. The van der Waals surface area contributed by atoms with Crippen molar-refractivity contribution in [2.75, 3.05) is 11.4 Å². The fraction of sp³-hybridized carbons (Fsp3) is 0.273. The molecule has 26 heavy (non-hydrogen) atoms. The van der Waals surface area contributed by atoms with Gasteiger partial charge in [0.25, 0.3) is 0 Å². The van der Waals surface area contributed by atoms with E-state index < -0.39 is 0 Å². The first-order valence-electron chi connectivity index (χ1n) is 8.99. The number of carbonyl (C=O) groups is 1. The van der Waals surface area contributed by atoms with Crippen LogP contribution in [0.5, 0.6) is 0 Å². The Morgan fingerprint density at radius 1 is 1.19 bits per heavy atom. The number of carbonyl (C=O) groups excluding carboxylic acids is 1. The fourth-order valence-electron chi connectivity index (χ4n) is 3.70. The van der Waals surface area contributed by atoms with E-state index in [1.807, 2.05) is 54.3 Å². The molecule has 2 heterocycles. The van der Waals surface area contributed by atoms with Crippen molar-refractivity contribution in [3.05, 3.63) is 72.1 Å². The minimum atomic E-state index is 0.0931. The second-order valence-electron chi connectivity index (χ2n) is 7.24. The maximum Gasteiger partial charge on any atom is 0.227 e. The smallest absolute Gasteiger partial charge is 0.227 e. The van der Waals surface area contributed by atoms with Crippen molar-refractivity contribution in [2.45, 2.75) is 32.7 Å². The summed E-state index contributed by atoms with van der Waals surface area (Å²) in [6.07, 6.45) is 0.493. The normalized spacial score (nSPS) is 17.2. The number of benzene rings is 2. The van der Waals surface area contributed by atoms with E-state index in [2.05, 4.69) is 24.1 Å². The van der Waals surface area contributed by atoms with Crippen LogP contribution in [0.3, 0.4) is 0 Å². The molecule has 1 fully saturated rings. The molecule has 132 valence electrons. The third-order valence-corrected chi connectivity index (χ3v) is 4.95. The molecule has 1 amide bonds. The van der Waals surface area contributed by atoms with Gasteiger partial charge < -0.3 is 9.47 Å². The van der Waals surface area contributed by atoms with Crippen LogP contribution in [-0.2, 0) is 11.3 Å². The van der Waals surface area contributed by atoms with Gasteiger partial charge in [-0.3, -0.25) is 4.79 Å². The highest BCUT2D eigenvalue weighted by atomic mass is 16.2. The molecule has 0 saturated carbocycles. The van der Waals surface area contributed by atoms with Crippen LogP contribution in [0.4, 0.5) is 5.69 Å². The molecule has 0 bridgehead atoms. The summed E-state index contributed by atoms with van der Waals surface area (Å²) in [6, 6.07) is 16.3. The number of aromatic nitrogens is 2. The Labute approximate surface area is 153 Å². The summed E-state index contributed by atoms with van der Waals surface area (Å²) in [6.45, 7) is 9.54. The van der Waals surface area contributed by atoms with Gasteiger partial charge in [-0.25, -0.2) is 4.98 Å². The van der Waals surface area contributed by atoms with Crippen LogP contribution in [0.2, 0.25) is 0 Å². The number of imidazole rings is 1. The van der Waals surface area contributed by atoms with E-state index in [9.17, 15) is 4.79 Å². The number of hydrogen-bond acceptors (Lipinski definition) is 2. The lowest BCUT2D eigenvalue weighted by molar-refractivity contribution is -0.117. The first-order valence-corrected chi connectivity index (χ1v) is 8.99.